The quantitative estimate of drug-likeness (QED) is 0.876. The van der Waals surface area contributed by atoms with Gasteiger partial charge in [-0.15, -0.1) is 12.4 Å². The summed E-state index contributed by atoms with van der Waals surface area (Å²) >= 11 is 5.79. The Bertz CT molecular complexity index is 380. The first kappa shape index (κ1) is 18.2. The van der Waals surface area contributed by atoms with Crippen molar-refractivity contribution in [1.29, 1.82) is 0 Å². The van der Waals surface area contributed by atoms with Gasteiger partial charge in [-0.25, -0.2) is 0 Å². The van der Waals surface area contributed by atoms with Crippen molar-refractivity contribution in [1.82, 2.24) is 10.2 Å². The molecule has 19 heavy (non-hydrogen) atoms. The van der Waals surface area contributed by atoms with Crippen LogP contribution in [0.3, 0.4) is 0 Å². The van der Waals surface area contributed by atoms with Crippen molar-refractivity contribution in [3.8, 4) is 0 Å². The van der Waals surface area contributed by atoms with Crippen LogP contribution < -0.4 is 5.32 Å². The third kappa shape index (κ3) is 8.09. The zero-order valence-corrected chi connectivity index (χ0v) is 13.2. The molecule has 0 bridgehead atoms. The summed E-state index contributed by atoms with van der Waals surface area (Å²) in [6.07, 6.45) is 0.409. The van der Waals surface area contributed by atoms with Crippen LogP contribution in [0.5, 0.6) is 0 Å². The van der Waals surface area contributed by atoms with Gasteiger partial charge in [0.1, 0.15) is 0 Å². The molecule has 0 heterocycles. The first-order chi connectivity index (χ1) is 8.47. The molecule has 0 spiro atoms. The van der Waals surface area contributed by atoms with E-state index < -0.39 is 0 Å². The van der Waals surface area contributed by atoms with Gasteiger partial charge in [-0.3, -0.25) is 4.79 Å². The van der Waals surface area contributed by atoms with Crippen LogP contribution in [-0.2, 0) is 11.2 Å². The minimum atomic E-state index is 0. The summed E-state index contributed by atoms with van der Waals surface area (Å²) in [6.45, 7) is 3.81. The molecular formula is C14H22Cl2N2O. The summed E-state index contributed by atoms with van der Waals surface area (Å²) in [4.78, 5) is 13.9. The summed E-state index contributed by atoms with van der Waals surface area (Å²) in [7, 11) is 4.07. The molecular weight excluding hydrogens is 283 g/mol. The maximum atomic E-state index is 11.7. The van der Waals surface area contributed by atoms with Crippen LogP contribution in [-0.4, -0.2) is 38.0 Å². The van der Waals surface area contributed by atoms with E-state index in [9.17, 15) is 4.79 Å². The normalized spacial score (nSPS) is 11.8. The lowest BCUT2D eigenvalue weighted by molar-refractivity contribution is -0.120. The summed E-state index contributed by atoms with van der Waals surface area (Å²) in [6, 6.07) is 7.37. The van der Waals surface area contributed by atoms with Crippen LogP contribution in [0.15, 0.2) is 24.3 Å². The highest BCUT2D eigenvalue weighted by molar-refractivity contribution is 6.30. The molecule has 108 valence electrons. The van der Waals surface area contributed by atoms with Gasteiger partial charge in [-0.05, 0) is 37.7 Å². The Morgan fingerprint density at radius 2 is 1.89 bits per heavy atom. The molecule has 0 aliphatic rings. The Labute approximate surface area is 126 Å². The summed E-state index contributed by atoms with van der Waals surface area (Å²) in [5, 5.41) is 3.65. The number of carbonyl (C=O) groups is 1. The molecule has 0 saturated carbocycles. The molecule has 0 aliphatic heterocycles. The molecule has 0 radical (unpaired) electrons. The molecule has 1 aromatic carbocycles. The lowest BCUT2D eigenvalue weighted by Crippen LogP contribution is -2.33. The molecule has 1 N–H and O–H groups in total. The molecule has 1 aromatic rings. The van der Waals surface area contributed by atoms with E-state index in [0.717, 1.165) is 12.1 Å². The molecule has 3 nitrogen and oxygen atoms in total. The van der Waals surface area contributed by atoms with Gasteiger partial charge in [-0.1, -0.05) is 30.7 Å². The van der Waals surface area contributed by atoms with E-state index in [-0.39, 0.29) is 18.3 Å². The van der Waals surface area contributed by atoms with Gasteiger partial charge in [0.05, 0.1) is 6.42 Å². The maximum Gasteiger partial charge on any atom is 0.224 e. The monoisotopic (exact) mass is 304 g/mol. The summed E-state index contributed by atoms with van der Waals surface area (Å²) in [5.74, 6) is 0.511. The average molecular weight is 305 g/mol. The standard InChI is InChI=1S/C14H21ClN2O.ClH/c1-11(10-17(2)3)9-16-14(18)8-12-4-6-13(15)7-5-12;/h4-7,11H,8-10H2,1-3H3,(H,16,18);1H. The molecule has 0 aliphatic carbocycles. The third-order valence-corrected chi connectivity index (χ3v) is 2.85. The number of nitrogens with one attached hydrogen (secondary N) is 1. The van der Waals surface area contributed by atoms with Crippen molar-refractivity contribution in [2.75, 3.05) is 27.2 Å². The third-order valence-electron chi connectivity index (χ3n) is 2.60. The summed E-state index contributed by atoms with van der Waals surface area (Å²) < 4.78 is 0. The van der Waals surface area contributed by atoms with Crippen molar-refractivity contribution < 1.29 is 4.79 Å². The van der Waals surface area contributed by atoms with Gasteiger partial charge in [-0.2, -0.15) is 0 Å². The fourth-order valence-electron chi connectivity index (χ4n) is 1.83. The van der Waals surface area contributed by atoms with Crippen LogP contribution in [0.1, 0.15) is 12.5 Å². The highest BCUT2D eigenvalue weighted by Gasteiger charge is 2.07. The number of amides is 1. The lowest BCUT2D eigenvalue weighted by atomic mass is 10.1. The number of benzene rings is 1. The van der Waals surface area contributed by atoms with Gasteiger partial charge in [0.25, 0.3) is 0 Å². The Morgan fingerprint density at radius 3 is 2.42 bits per heavy atom. The fraction of sp³-hybridized carbons (Fsp3) is 0.500. The van der Waals surface area contributed by atoms with Crippen molar-refractivity contribution in [2.24, 2.45) is 5.92 Å². The van der Waals surface area contributed by atoms with Crippen molar-refractivity contribution >= 4 is 29.9 Å². The fourth-order valence-corrected chi connectivity index (χ4v) is 1.95. The van der Waals surface area contributed by atoms with Gasteiger partial charge >= 0.3 is 0 Å². The van der Waals surface area contributed by atoms with E-state index in [1.54, 1.807) is 12.1 Å². The Morgan fingerprint density at radius 1 is 1.32 bits per heavy atom. The average Bonchev–Trinajstić information content (AvgIpc) is 2.29. The van der Waals surface area contributed by atoms with E-state index in [0.29, 0.717) is 23.9 Å². The van der Waals surface area contributed by atoms with E-state index in [1.165, 1.54) is 0 Å². The largest absolute Gasteiger partial charge is 0.355 e. The van der Waals surface area contributed by atoms with Crippen LogP contribution in [0.25, 0.3) is 0 Å². The molecule has 0 saturated heterocycles. The number of hydrogen-bond acceptors (Lipinski definition) is 2. The van der Waals surface area contributed by atoms with Gasteiger partial charge in [0.15, 0.2) is 0 Å². The zero-order chi connectivity index (χ0) is 13.5. The second-order valence-electron chi connectivity index (χ2n) is 4.97. The smallest absolute Gasteiger partial charge is 0.224 e. The molecule has 5 heteroatoms. The van der Waals surface area contributed by atoms with E-state index in [4.69, 9.17) is 11.6 Å². The minimum Gasteiger partial charge on any atom is -0.355 e. The molecule has 1 atom stereocenters. The first-order valence-electron chi connectivity index (χ1n) is 6.13. The number of nitrogens with zero attached hydrogens (tertiary/aromatic N) is 1. The number of halogens is 2. The number of rotatable bonds is 6. The summed E-state index contributed by atoms with van der Waals surface area (Å²) in [5.41, 5.74) is 0.983. The van der Waals surface area contributed by atoms with Gasteiger partial charge in [0.2, 0.25) is 5.91 Å². The predicted octanol–water partition coefficient (Wildman–Crippen LogP) is 2.62. The number of carbonyl (C=O) groups excluding carboxylic acids is 1. The van der Waals surface area contributed by atoms with Gasteiger partial charge < -0.3 is 10.2 Å². The Balaban J connectivity index is 0.00000324. The van der Waals surface area contributed by atoms with Crippen LogP contribution >= 0.6 is 24.0 Å². The maximum absolute atomic E-state index is 11.7. The molecule has 1 amide bonds. The highest BCUT2D eigenvalue weighted by Crippen LogP contribution is 2.09. The molecule has 0 fully saturated rings. The lowest BCUT2D eigenvalue weighted by Gasteiger charge is -2.17. The SMILES string of the molecule is CC(CNC(=O)Cc1ccc(Cl)cc1)CN(C)C.Cl. The second kappa shape index (κ2) is 9.18. The molecule has 1 unspecified atom stereocenters. The zero-order valence-electron chi connectivity index (χ0n) is 11.6. The van der Waals surface area contributed by atoms with E-state index in [1.807, 2.05) is 26.2 Å². The first-order valence-corrected chi connectivity index (χ1v) is 6.51. The second-order valence-corrected chi connectivity index (χ2v) is 5.41. The Kier molecular flexibility index (Phi) is 8.81. The molecule has 0 aromatic heterocycles. The van der Waals surface area contributed by atoms with Gasteiger partial charge in [0, 0.05) is 18.1 Å². The number of hydrogen-bond donors (Lipinski definition) is 1. The van der Waals surface area contributed by atoms with Crippen LogP contribution in [0.2, 0.25) is 5.02 Å². The predicted molar refractivity (Wildman–Crippen MR) is 83.1 cm³/mol. The van der Waals surface area contributed by atoms with Crippen LogP contribution in [0.4, 0.5) is 0 Å². The van der Waals surface area contributed by atoms with E-state index >= 15 is 0 Å². The van der Waals surface area contributed by atoms with Crippen LogP contribution in [0, 0.1) is 5.92 Å². The Hall–Kier alpha value is -0.770. The topological polar surface area (TPSA) is 32.3 Å². The minimum absolute atomic E-state index is 0. The highest BCUT2D eigenvalue weighted by atomic mass is 35.5. The van der Waals surface area contributed by atoms with Crippen molar-refractivity contribution in [3.63, 3.8) is 0 Å². The van der Waals surface area contributed by atoms with Crippen molar-refractivity contribution in [2.45, 2.75) is 13.3 Å². The van der Waals surface area contributed by atoms with Crippen molar-refractivity contribution in [3.05, 3.63) is 34.9 Å². The molecule has 1 rings (SSSR count). The van der Waals surface area contributed by atoms with E-state index in [2.05, 4.69) is 17.1 Å².